The molecule has 0 fully saturated rings. The first-order chi connectivity index (χ1) is 11.2. The van der Waals surface area contributed by atoms with E-state index in [4.69, 9.17) is 0 Å². The van der Waals surface area contributed by atoms with Crippen LogP contribution in [0.25, 0.3) is 0 Å². The topological polar surface area (TPSA) is 62.0 Å². The molecule has 8 heteroatoms. The minimum absolute atomic E-state index is 0.206. The first kappa shape index (κ1) is 19.8. The third-order valence-corrected chi connectivity index (χ3v) is 3.14. The van der Waals surface area contributed by atoms with Crippen molar-refractivity contribution in [2.75, 3.05) is 0 Å². The number of unbranched alkanes of at least 4 members (excludes halogenated alkanes) is 1. The molecule has 1 aromatic carbocycles. The minimum atomic E-state index is -4.87. The molecule has 0 bridgehead atoms. The second-order valence-corrected chi connectivity index (χ2v) is 5.18. The van der Waals surface area contributed by atoms with E-state index in [9.17, 15) is 27.5 Å². The van der Waals surface area contributed by atoms with Crippen molar-refractivity contribution in [2.45, 2.75) is 45.5 Å². The zero-order valence-corrected chi connectivity index (χ0v) is 13.3. The first-order valence-corrected chi connectivity index (χ1v) is 7.31. The van der Waals surface area contributed by atoms with Gasteiger partial charge in [-0.25, -0.2) is 8.78 Å². The van der Waals surface area contributed by atoms with Crippen molar-refractivity contribution >= 4 is 11.5 Å². The summed E-state index contributed by atoms with van der Waals surface area (Å²) >= 11 is 0. The van der Waals surface area contributed by atoms with Gasteiger partial charge in [0.25, 0.3) is 0 Å². The molecule has 1 rings (SSSR count). The zero-order chi connectivity index (χ0) is 18.3. The standard InChI is InChI=1S/C16H18F4N2O2/c1-3-4-5-12(23)13(14(24)16(19,20)15(17)18)22-21-11-8-6-10(2)7-9-11/h6-9,15,24H,3-5H2,1-2H3/b14-13-,22-21?. The minimum Gasteiger partial charge on any atom is -0.504 e. The Labute approximate surface area is 136 Å². The van der Waals surface area contributed by atoms with Crippen molar-refractivity contribution < 1.29 is 27.5 Å². The van der Waals surface area contributed by atoms with Crippen molar-refractivity contribution in [1.82, 2.24) is 0 Å². The zero-order valence-electron chi connectivity index (χ0n) is 13.3. The van der Waals surface area contributed by atoms with Gasteiger partial charge in [-0.05, 0) is 25.5 Å². The van der Waals surface area contributed by atoms with Crippen LogP contribution in [-0.4, -0.2) is 23.2 Å². The van der Waals surface area contributed by atoms with E-state index in [0.717, 1.165) is 5.56 Å². The van der Waals surface area contributed by atoms with Gasteiger partial charge in [0.1, 0.15) is 0 Å². The maximum absolute atomic E-state index is 13.3. The molecule has 0 aromatic heterocycles. The predicted octanol–water partition coefficient (Wildman–Crippen LogP) is 5.51. The molecule has 0 heterocycles. The van der Waals surface area contributed by atoms with Crippen molar-refractivity contribution in [3.05, 3.63) is 41.3 Å². The van der Waals surface area contributed by atoms with Crippen LogP contribution in [0.4, 0.5) is 23.2 Å². The van der Waals surface area contributed by atoms with E-state index in [1.54, 1.807) is 19.1 Å². The molecule has 0 aliphatic heterocycles. The highest BCUT2D eigenvalue weighted by molar-refractivity contribution is 5.95. The van der Waals surface area contributed by atoms with Gasteiger partial charge in [-0.15, -0.1) is 5.11 Å². The number of carbonyl (C=O) groups is 1. The molecule has 0 unspecified atom stereocenters. The molecule has 4 nitrogen and oxygen atoms in total. The van der Waals surface area contributed by atoms with Crippen LogP contribution in [0, 0.1) is 6.92 Å². The van der Waals surface area contributed by atoms with E-state index >= 15 is 0 Å². The first-order valence-electron chi connectivity index (χ1n) is 7.31. The highest BCUT2D eigenvalue weighted by atomic mass is 19.3. The van der Waals surface area contributed by atoms with Gasteiger partial charge in [-0.1, -0.05) is 31.0 Å². The summed E-state index contributed by atoms with van der Waals surface area (Å²) in [4.78, 5) is 11.9. The third kappa shape index (κ3) is 5.14. The number of rotatable bonds is 8. The third-order valence-electron chi connectivity index (χ3n) is 3.14. The maximum atomic E-state index is 13.3. The van der Waals surface area contributed by atoms with Gasteiger partial charge in [0, 0.05) is 6.42 Å². The molecule has 24 heavy (non-hydrogen) atoms. The van der Waals surface area contributed by atoms with Gasteiger partial charge in [0.15, 0.2) is 17.2 Å². The van der Waals surface area contributed by atoms with Gasteiger partial charge in [-0.3, -0.25) is 4.79 Å². The summed E-state index contributed by atoms with van der Waals surface area (Å²) in [5.41, 5.74) is -0.000279. The quantitative estimate of drug-likeness (QED) is 0.292. The fourth-order valence-corrected chi connectivity index (χ4v) is 1.67. The fourth-order valence-electron chi connectivity index (χ4n) is 1.67. The Morgan fingerprint density at radius 3 is 2.33 bits per heavy atom. The molecule has 0 spiro atoms. The molecule has 0 atom stereocenters. The highest BCUT2D eigenvalue weighted by Crippen LogP contribution is 2.33. The van der Waals surface area contributed by atoms with Crippen LogP contribution < -0.4 is 0 Å². The Kier molecular flexibility index (Phi) is 7.06. The Bertz CT molecular complexity index is 625. The smallest absolute Gasteiger partial charge is 0.365 e. The van der Waals surface area contributed by atoms with Crippen LogP contribution in [0.1, 0.15) is 31.7 Å². The maximum Gasteiger partial charge on any atom is 0.365 e. The van der Waals surface area contributed by atoms with E-state index in [1.807, 2.05) is 6.92 Å². The van der Waals surface area contributed by atoms with E-state index in [1.165, 1.54) is 12.1 Å². The van der Waals surface area contributed by atoms with Gasteiger partial charge in [0.05, 0.1) is 5.69 Å². The van der Waals surface area contributed by atoms with E-state index in [2.05, 4.69) is 10.2 Å². The Morgan fingerprint density at radius 1 is 1.25 bits per heavy atom. The van der Waals surface area contributed by atoms with Gasteiger partial charge in [-0.2, -0.15) is 13.9 Å². The molecule has 1 aromatic rings. The van der Waals surface area contributed by atoms with Crippen molar-refractivity contribution in [2.24, 2.45) is 10.2 Å². The SMILES string of the molecule is CCCCC(=O)/C(N=Nc1ccc(C)cc1)=C(/O)C(F)(F)C(F)F. The van der Waals surface area contributed by atoms with Crippen LogP contribution in [0.15, 0.2) is 46.0 Å². The number of nitrogens with zero attached hydrogens (tertiary/aromatic N) is 2. The van der Waals surface area contributed by atoms with Crippen LogP contribution in [-0.2, 0) is 4.79 Å². The molecule has 0 saturated carbocycles. The number of hydrogen-bond donors (Lipinski definition) is 1. The number of aliphatic hydroxyl groups is 1. The summed E-state index contributed by atoms with van der Waals surface area (Å²) in [7, 11) is 0. The van der Waals surface area contributed by atoms with E-state index < -0.39 is 29.6 Å². The molecule has 132 valence electrons. The van der Waals surface area contributed by atoms with Crippen molar-refractivity contribution in [3.8, 4) is 0 Å². The highest BCUT2D eigenvalue weighted by Gasteiger charge is 2.48. The summed E-state index contributed by atoms with van der Waals surface area (Å²) < 4.78 is 51.5. The number of carbonyl (C=O) groups excluding carboxylic acids is 1. The number of alkyl halides is 4. The van der Waals surface area contributed by atoms with Gasteiger partial charge < -0.3 is 5.11 Å². The lowest BCUT2D eigenvalue weighted by Gasteiger charge is -2.15. The van der Waals surface area contributed by atoms with Crippen LogP contribution in [0.2, 0.25) is 0 Å². The van der Waals surface area contributed by atoms with Crippen LogP contribution in [0.5, 0.6) is 0 Å². The molecule has 0 aliphatic carbocycles. The summed E-state index contributed by atoms with van der Waals surface area (Å²) in [5, 5.41) is 16.4. The second kappa shape index (κ2) is 8.56. The monoisotopic (exact) mass is 346 g/mol. The second-order valence-electron chi connectivity index (χ2n) is 5.18. The van der Waals surface area contributed by atoms with Gasteiger partial charge >= 0.3 is 12.3 Å². The van der Waals surface area contributed by atoms with Crippen molar-refractivity contribution in [1.29, 1.82) is 0 Å². The fraction of sp³-hybridized carbons (Fsp3) is 0.438. The predicted molar refractivity (Wildman–Crippen MR) is 80.8 cm³/mol. The number of aryl methyl sites for hydroxylation is 1. The Morgan fingerprint density at radius 2 is 1.83 bits per heavy atom. The largest absolute Gasteiger partial charge is 0.504 e. The number of benzene rings is 1. The number of allylic oxidation sites excluding steroid dienone is 2. The summed E-state index contributed by atoms with van der Waals surface area (Å²) in [5.74, 6) is -7.90. The average molecular weight is 346 g/mol. The molecule has 0 saturated heterocycles. The summed E-state index contributed by atoms with van der Waals surface area (Å²) in [6.45, 7) is 3.58. The summed E-state index contributed by atoms with van der Waals surface area (Å²) in [6.07, 6.45) is -3.45. The van der Waals surface area contributed by atoms with E-state index in [0.29, 0.717) is 12.8 Å². The Hall–Kier alpha value is -2.25. The Balaban J connectivity index is 3.23. The lowest BCUT2D eigenvalue weighted by Crippen LogP contribution is -2.31. The number of azo groups is 1. The number of hydrogen-bond acceptors (Lipinski definition) is 4. The lowest BCUT2D eigenvalue weighted by atomic mass is 10.1. The van der Waals surface area contributed by atoms with Crippen molar-refractivity contribution in [3.63, 3.8) is 0 Å². The van der Waals surface area contributed by atoms with E-state index in [-0.39, 0.29) is 12.1 Å². The lowest BCUT2D eigenvalue weighted by molar-refractivity contribution is -0.126. The number of ketones is 1. The van der Waals surface area contributed by atoms with Crippen LogP contribution in [0.3, 0.4) is 0 Å². The molecular weight excluding hydrogens is 328 g/mol. The average Bonchev–Trinajstić information content (AvgIpc) is 2.54. The molecule has 1 N–H and O–H groups in total. The van der Waals surface area contributed by atoms with Crippen LogP contribution >= 0.6 is 0 Å². The number of aliphatic hydroxyl groups excluding tert-OH is 1. The molecule has 0 amide bonds. The number of halogens is 4. The molecular formula is C16H18F4N2O2. The normalized spacial score (nSPS) is 13.5. The van der Waals surface area contributed by atoms with Gasteiger partial charge in [0.2, 0.25) is 0 Å². The number of Topliss-reactive ketones (excluding diaryl/α,β-unsaturated/α-hetero) is 1. The summed E-state index contributed by atoms with van der Waals surface area (Å²) in [6, 6.07) is 6.36. The molecule has 0 aliphatic rings. The molecule has 0 radical (unpaired) electrons.